The summed E-state index contributed by atoms with van der Waals surface area (Å²) in [5, 5.41) is 0. The molecule has 104 valence electrons. The van der Waals surface area contributed by atoms with Gasteiger partial charge in [-0.1, -0.05) is 0 Å². The summed E-state index contributed by atoms with van der Waals surface area (Å²) in [4.78, 5) is 6.80. The highest BCUT2D eigenvalue weighted by Crippen LogP contribution is 2.36. The van der Waals surface area contributed by atoms with Crippen LogP contribution >= 0.6 is 0 Å². The second-order valence-corrected chi connectivity index (χ2v) is 5.91. The predicted octanol–water partition coefficient (Wildman–Crippen LogP) is 1.56. The predicted molar refractivity (Wildman–Crippen MR) is 69.6 cm³/mol. The molecule has 5 nitrogen and oxygen atoms in total. The van der Waals surface area contributed by atoms with Crippen molar-refractivity contribution in [3.05, 3.63) is 18.2 Å². The van der Waals surface area contributed by atoms with Gasteiger partial charge in [0.15, 0.2) is 5.79 Å². The van der Waals surface area contributed by atoms with E-state index in [-0.39, 0.29) is 5.79 Å². The monoisotopic (exact) mass is 263 g/mol. The average Bonchev–Trinajstić information content (AvgIpc) is 3.00. The van der Waals surface area contributed by atoms with Crippen molar-refractivity contribution in [3.63, 3.8) is 0 Å². The largest absolute Gasteiger partial charge is 0.347 e. The molecule has 0 aromatic carbocycles. The second-order valence-electron chi connectivity index (χ2n) is 5.91. The summed E-state index contributed by atoms with van der Waals surface area (Å²) in [6.07, 6.45) is 8.62. The minimum Gasteiger partial charge on any atom is -0.347 e. The van der Waals surface area contributed by atoms with Crippen molar-refractivity contribution >= 4 is 0 Å². The molecular formula is C14H21N3O2. The van der Waals surface area contributed by atoms with Crippen molar-refractivity contribution in [1.29, 1.82) is 0 Å². The zero-order valence-electron chi connectivity index (χ0n) is 11.3. The molecule has 1 spiro atoms. The van der Waals surface area contributed by atoms with E-state index in [9.17, 15) is 0 Å². The maximum atomic E-state index is 5.77. The number of piperidine rings is 1. The highest BCUT2D eigenvalue weighted by molar-refractivity contribution is 5.04. The van der Waals surface area contributed by atoms with Gasteiger partial charge in [-0.25, -0.2) is 4.98 Å². The minimum atomic E-state index is -0.257. The summed E-state index contributed by atoms with van der Waals surface area (Å²) < 4.78 is 13.9. The topological polar surface area (TPSA) is 39.5 Å². The number of likely N-dealkylation sites (tertiary alicyclic amines) is 1. The summed E-state index contributed by atoms with van der Waals surface area (Å²) >= 11 is 0. The molecule has 19 heavy (non-hydrogen) atoms. The van der Waals surface area contributed by atoms with Crippen molar-refractivity contribution in [1.82, 2.24) is 14.5 Å². The molecule has 0 atom stereocenters. The van der Waals surface area contributed by atoms with Crippen molar-refractivity contribution in [2.45, 2.75) is 44.1 Å². The number of rotatable bonds is 3. The molecule has 3 aliphatic rings. The fraction of sp³-hybridized carbons (Fsp3) is 0.786. The lowest BCUT2D eigenvalue weighted by atomic mass is 10.0. The molecule has 5 heteroatoms. The summed E-state index contributed by atoms with van der Waals surface area (Å²) in [7, 11) is 0. The van der Waals surface area contributed by atoms with Crippen molar-refractivity contribution in [2.75, 3.05) is 26.3 Å². The molecule has 2 aliphatic heterocycles. The van der Waals surface area contributed by atoms with Crippen LogP contribution in [-0.4, -0.2) is 46.5 Å². The molecule has 1 saturated carbocycles. The van der Waals surface area contributed by atoms with Crippen LogP contribution in [0.25, 0.3) is 0 Å². The van der Waals surface area contributed by atoms with E-state index in [2.05, 4.69) is 14.5 Å². The Hall–Kier alpha value is -0.910. The van der Waals surface area contributed by atoms with Crippen LogP contribution in [0.1, 0.15) is 37.4 Å². The maximum Gasteiger partial charge on any atom is 0.170 e. The first kappa shape index (κ1) is 11.9. The van der Waals surface area contributed by atoms with E-state index in [1.165, 1.54) is 18.5 Å². The summed E-state index contributed by atoms with van der Waals surface area (Å²) in [6.45, 7) is 4.63. The van der Waals surface area contributed by atoms with E-state index in [1.54, 1.807) is 0 Å². The third-order valence-corrected chi connectivity index (χ3v) is 4.50. The molecule has 4 rings (SSSR count). The quantitative estimate of drug-likeness (QED) is 0.829. The fourth-order valence-corrected chi connectivity index (χ4v) is 3.20. The van der Waals surface area contributed by atoms with Crippen molar-refractivity contribution < 1.29 is 9.47 Å². The lowest BCUT2D eigenvalue weighted by Gasteiger charge is -2.37. The van der Waals surface area contributed by atoms with Gasteiger partial charge < -0.3 is 14.0 Å². The van der Waals surface area contributed by atoms with Gasteiger partial charge in [0.2, 0.25) is 0 Å². The van der Waals surface area contributed by atoms with Gasteiger partial charge >= 0.3 is 0 Å². The van der Waals surface area contributed by atoms with Crippen molar-refractivity contribution in [2.24, 2.45) is 0 Å². The van der Waals surface area contributed by atoms with Crippen LogP contribution in [0, 0.1) is 0 Å². The van der Waals surface area contributed by atoms with Crippen LogP contribution in [0.3, 0.4) is 0 Å². The van der Waals surface area contributed by atoms with E-state index < -0.39 is 0 Å². The molecule has 0 radical (unpaired) electrons. The van der Waals surface area contributed by atoms with Crippen LogP contribution in [0.5, 0.6) is 0 Å². The molecule has 1 aromatic heterocycles. The first-order valence-electron chi connectivity index (χ1n) is 7.36. The summed E-state index contributed by atoms with van der Waals surface area (Å²) in [5.41, 5.74) is 1.35. The van der Waals surface area contributed by atoms with E-state index in [0.29, 0.717) is 0 Å². The highest BCUT2D eigenvalue weighted by atomic mass is 16.7. The number of hydrogen-bond donors (Lipinski definition) is 0. The Balaban J connectivity index is 1.37. The molecule has 1 aromatic rings. The highest BCUT2D eigenvalue weighted by Gasteiger charge is 2.39. The maximum absolute atomic E-state index is 5.77. The Labute approximate surface area is 113 Å². The smallest absolute Gasteiger partial charge is 0.170 e. The van der Waals surface area contributed by atoms with Gasteiger partial charge in [-0.15, -0.1) is 0 Å². The second kappa shape index (κ2) is 4.58. The third kappa shape index (κ3) is 2.30. The first-order valence-corrected chi connectivity index (χ1v) is 7.36. The number of aromatic nitrogens is 2. The Kier molecular flexibility index (Phi) is 2.86. The van der Waals surface area contributed by atoms with Crippen LogP contribution in [0.15, 0.2) is 12.5 Å². The van der Waals surface area contributed by atoms with Gasteiger partial charge in [-0.2, -0.15) is 0 Å². The molecule has 0 bridgehead atoms. The van der Waals surface area contributed by atoms with Crippen LogP contribution in [-0.2, 0) is 16.0 Å². The standard InChI is InChI=1S/C14H21N3O2/c1-2-12(1)17-11-15-9-13(17)10-16-5-3-14(4-6-16)18-7-8-19-14/h9,11-12H,1-8,10H2. The van der Waals surface area contributed by atoms with E-state index >= 15 is 0 Å². The molecule has 0 amide bonds. The zero-order chi connectivity index (χ0) is 12.7. The van der Waals surface area contributed by atoms with E-state index in [4.69, 9.17) is 9.47 Å². The molecule has 2 saturated heterocycles. The van der Waals surface area contributed by atoms with Crippen molar-refractivity contribution in [3.8, 4) is 0 Å². The van der Waals surface area contributed by atoms with Gasteiger partial charge in [0.25, 0.3) is 0 Å². The lowest BCUT2D eigenvalue weighted by molar-refractivity contribution is -0.185. The number of imidazole rings is 1. The molecular weight excluding hydrogens is 242 g/mol. The summed E-state index contributed by atoms with van der Waals surface area (Å²) in [5.74, 6) is -0.257. The lowest BCUT2D eigenvalue weighted by Crippen LogP contribution is -2.44. The van der Waals surface area contributed by atoms with E-state index in [1.807, 2.05) is 12.5 Å². The number of ether oxygens (including phenoxy) is 2. The van der Waals surface area contributed by atoms with Gasteiger partial charge in [0.05, 0.1) is 25.2 Å². The minimum absolute atomic E-state index is 0.257. The van der Waals surface area contributed by atoms with E-state index in [0.717, 1.165) is 51.7 Å². The fourth-order valence-electron chi connectivity index (χ4n) is 3.20. The van der Waals surface area contributed by atoms with Gasteiger partial charge in [-0.05, 0) is 12.8 Å². The zero-order valence-corrected chi connectivity index (χ0v) is 11.3. The van der Waals surface area contributed by atoms with Crippen LogP contribution in [0.4, 0.5) is 0 Å². The molecule has 3 heterocycles. The summed E-state index contributed by atoms with van der Waals surface area (Å²) in [6, 6.07) is 0.718. The van der Waals surface area contributed by atoms with Crippen LogP contribution < -0.4 is 0 Å². The Morgan fingerprint density at radius 1 is 1.21 bits per heavy atom. The molecule has 3 fully saturated rings. The normalized spacial score (nSPS) is 27.2. The van der Waals surface area contributed by atoms with Crippen LogP contribution in [0.2, 0.25) is 0 Å². The van der Waals surface area contributed by atoms with Gasteiger partial charge in [0, 0.05) is 44.7 Å². The average molecular weight is 263 g/mol. The first-order chi connectivity index (χ1) is 9.35. The van der Waals surface area contributed by atoms with Gasteiger partial charge in [0.1, 0.15) is 0 Å². The number of nitrogens with zero attached hydrogens (tertiary/aromatic N) is 3. The Bertz CT molecular complexity index is 439. The SMILES string of the molecule is c1ncn(C2CC2)c1CN1CCC2(CC1)OCCO2. The Morgan fingerprint density at radius 2 is 1.95 bits per heavy atom. The number of hydrogen-bond acceptors (Lipinski definition) is 4. The third-order valence-electron chi connectivity index (χ3n) is 4.50. The molecule has 0 unspecified atom stereocenters. The molecule has 0 N–H and O–H groups in total. The molecule has 1 aliphatic carbocycles. The Morgan fingerprint density at radius 3 is 2.63 bits per heavy atom. The van der Waals surface area contributed by atoms with Gasteiger partial charge in [-0.3, -0.25) is 4.90 Å².